The van der Waals surface area contributed by atoms with Crippen LogP contribution in [-0.2, 0) is 0 Å². The van der Waals surface area contributed by atoms with Gasteiger partial charge in [-0.25, -0.2) is 0 Å². The van der Waals surface area contributed by atoms with Gasteiger partial charge in [-0.05, 0) is 0 Å². The summed E-state index contributed by atoms with van der Waals surface area (Å²) in [6.45, 7) is 15.7. The standard InChI is InChI=1S/C11H16B.C2H6/c1-6-9(4)11(10(5)12)7-8(2)3;1-2/h6-7H,1H2,2-5H3;1-2H3/b11-9+;. The minimum absolute atomic E-state index is 0.841. The Morgan fingerprint density at radius 2 is 1.50 bits per heavy atom. The fourth-order valence-electron chi connectivity index (χ4n) is 0.937. The molecule has 0 spiro atoms. The topological polar surface area (TPSA) is 0 Å². The third kappa shape index (κ3) is 6.65. The first-order valence-corrected chi connectivity index (χ1v) is 5.06. The monoisotopic (exact) mass is 189 g/mol. The van der Waals surface area contributed by atoms with Crippen molar-refractivity contribution in [2.45, 2.75) is 41.5 Å². The van der Waals surface area contributed by atoms with Crippen molar-refractivity contribution in [1.29, 1.82) is 0 Å². The van der Waals surface area contributed by atoms with Crippen LogP contribution < -0.4 is 0 Å². The van der Waals surface area contributed by atoms with Crippen molar-refractivity contribution in [2.75, 3.05) is 0 Å². The molecule has 0 saturated carbocycles. The van der Waals surface area contributed by atoms with Crippen LogP contribution in [0.3, 0.4) is 0 Å². The van der Waals surface area contributed by atoms with Gasteiger partial charge in [-0.2, -0.15) is 0 Å². The Morgan fingerprint density at radius 3 is 1.71 bits per heavy atom. The van der Waals surface area contributed by atoms with Crippen LogP contribution in [-0.4, -0.2) is 13.0 Å². The second-order valence-corrected chi connectivity index (χ2v) is 3.21. The van der Waals surface area contributed by atoms with Crippen molar-refractivity contribution in [1.82, 2.24) is 0 Å². The number of hydrogen-bond donors (Lipinski definition) is 0. The molecule has 0 bridgehead atoms. The van der Waals surface area contributed by atoms with Gasteiger partial charge in [0.1, 0.15) is 0 Å². The van der Waals surface area contributed by atoms with Gasteiger partial charge >= 0.3 is 76.1 Å². The first-order chi connectivity index (χ1) is 6.49. The van der Waals surface area contributed by atoms with Crippen LogP contribution in [0.15, 0.2) is 35.5 Å². The zero-order chi connectivity index (χ0) is 11.7. The van der Waals surface area contributed by atoms with Gasteiger partial charge in [-0.15, -0.1) is 0 Å². The van der Waals surface area contributed by atoms with Crippen molar-refractivity contribution in [2.24, 2.45) is 0 Å². The van der Waals surface area contributed by atoms with Crippen LogP contribution >= 0.6 is 0 Å². The van der Waals surface area contributed by atoms with E-state index in [1.807, 2.05) is 33.8 Å². The van der Waals surface area contributed by atoms with Gasteiger partial charge in [0, 0.05) is 0 Å². The Morgan fingerprint density at radius 1 is 1.07 bits per heavy atom. The van der Waals surface area contributed by atoms with Crippen LogP contribution in [0.2, 0.25) is 0 Å². The minimum atomic E-state index is 0.841. The van der Waals surface area contributed by atoms with E-state index in [1.165, 1.54) is 5.57 Å². The van der Waals surface area contributed by atoms with E-state index in [0.717, 1.165) is 16.6 Å². The van der Waals surface area contributed by atoms with Gasteiger partial charge < -0.3 is 0 Å². The first-order valence-electron chi connectivity index (χ1n) is 5.06. The summed E-state index contributed by atoms with van der Waals surface area (Å²) in [5.74, 6) is 0. The van der Waals surface area contributed by atoms with Crippen molar-refractivity contribution < 1.29 is 0 Å². The van der Waals surface area contributed by atoms with Crippen LogP contribution in [0, 0.1) is 0 Å². The number of hydrogen-bond acceptors (Lipinski definition) is 0. The van der Waals surface area contributed by atoms with E-state index in [-0.39, 0.29) is 0 Å². The number of allylic oxidation sites excluding steroid dienone is 5. The van der Waals surface area contributed by atoms with Crippen molar-refractivity contribution in [3.63, 3.8) is 0 Å². The zero-order valence-corrected chi connectivity index (χ0v) is 10.4. The average Bonchev–Trinajstić information content (AvgIpc) is 2.15. The van der Waals surface area contributed by atoms with E-state index in [4.69, 9.17) is 7.49 Å². The molecule has 0 amide bonds. The Balaban J connectivity index is 0. The third-order valence-corrected chi connectivity index (χ3v) is 1.59. The van der Waals surface area contributed by atoms with Gasteiger partial charge in [0.05, 0.1) is 0 Å². The predicted octanol–water partition coefficient (Wildman–Crippen LogP) is 3.84. The fraction of sp³-hybridized carbons (Fsp3) is 0.462. The van der Waals surface area contributed by atoms with Gasteiger partial charge in [0.25, 0.3) is 0 Å². The maximum atomic E-state index is 5.73. The van der Waals surface area contributed by atoms with Crippen molar-refractivity contribution in [3.05, 3.63) is 35.5 Å². The van der Waals surface area contributed by atoms with Crippen molar-refractivity contribution in [3.8, 4) is 0 Å². The van der Waals surface area contributed by atoms with Crippen LogP contribution in [0.4, 0.5) is 0 Å². The van der Waals surface area contributed by atoms with Gasteiger partial charge in [0.2, 0.25) is 0 Å². The van der Waals surface area contributed by atoms with Crippen LogP contribution in [0.1, 0.15) is 41.5 Å². The number of rotatable bonds is 3. The molecule has 0 aliphatic rings. The molecular formula is C13H22B. The molecule has 0 aromatic rings. The molecule has 0 atom stereocenters. The molecule has 0 aromatic carbocycles. The SMILES string of the molecule is CC.[B]=C(C)/C(C=C(C)C)=C(\C)C=C. The summed E-state index contributed by atoms with van der Waals surface area (Å²) < 4.78 is 0. The molecule has 77 valence electrons. The second kappa shape index (κ2) is 8.74. The molecule has 0 aliphatic heterocycles. The van der Waals surface area contributed by atoms with Crippen LogP contribution in [0.5, 0.6) is 0 Å². The summed E-state index contributed by atoms with van der Waals surface area (Å²) in [5, 5.41) is 0. The maximum absolute atomic E-state index is 5.73. The average molecular weight is 189 g/mol. The van der Waals surface area contributed by atoms with E-state index < -0.39 is 0 Å². The molecule has 1 heteroatoms. The predicted molar refractivity (Wildman–Crippen MR) is 70.1 cm³/mol. The molecule has 0 saturated heterocycles. The van der Waals surface area contributed by atoms with Gasteiger partial charge in [-0.1, -0.05) is 13.8 Å². The molecule has 0 rings (SSSR count). The van der Waals surface area contributed by atoms with E-state index in [2.05, 4.69) is 26.5 Å². The van der Waals surface area contributed by atoms with E-state index in [9.17, 15) is 0 Å². The van der Waals surface area contributed by atoms with E-state index >= 15 is 0 Å². The van der Waals surface area contributed by atoms with Gasteiger partial charge in [-0.3, -0.25) is 0 Å². The van der Waals surface area contributed by atoms with Crippen LogP contribution in [0.25, 0.3) is 0 Å². The second-order valence-electron chi connectivity index (χ2n) is 3.21. The summed E-state index contributed by atoms with van der Waals surface area (Å²) in [5.41, 5.74) is 4.30. The zero-order valence-electron chi connectivity index (χ0n) is 10.4. The Hall–Kier alpha value is -0.845. The Labute approximate surface area is 90.5 Å². The normalized spacial score (nSPS) is 10.4. The Kier molecular flexibility index (Phi) is 9.75. The quantitative estimate of drug-likeness (QED) is 0.467. The molecule has 0 unspecified atom stereocenters. The molecule has 0 heterocycles. The molecule has 1 radical (unpaired) electrons. The molecule has 0 aromatic heterocycles. The fourth-order valence-corrected chi connectivity index (χ4v) is 0.937. The molecular weight excluding hydrogens is 167 g/mol. The summed E-state index contributed by atoms with van der Waals surface area (Å²) in [4.78, 5) is 0. The first kappa shape index (κ1) is 15.6. The van der Waals surface area contributed by atoms with E-state index in [0.29, 0.717) is 0 Å². The van der Waals surface area contributed by atoms with Crippen molar-refractivity contribution >= 4 is 13.0 Å². The molecule has 14 heavy (non-hydrogen) atoms. The molecule has 0 aliphatic carbocycles. The summed E-state index contributed by atoms with van der Waals surface area (Å²) in [6.07, 6.45) is 3.90. The molecule has 0 N–H and O–H groups in total. The van der Waals surface area contributed by atoms with E-state index in [1.54, 1.807) is 0 Å². The summed E-state index contributed by atoms with van der Waals surface area (Å²) in [6, 6.07) is 0. The summed E-state index contributed by atoms with van der Waals surface area (Å²) in [7, 11) is 5.73. The van der Waals surface area contributed by atoms with Gasteiger partial charge in [0.15, 0.2) is 0 Å². The Bertz CT molecular complexity index is 250. The molecule has 0 fully saturated rings. The third-order valence-electron chi connectivity index (χ3n) is 1.59. The molecule has 0 nitrogen and oxygen atoms in total. The summed E-state index contributed by atoms with van der Waals surface area (Å²) >= 11 is 0.